The number of ether oxygens (including phenoxy) is 4. The largest absolute Gasteiger partial charge is 0.493 e. The molecule has 0 unspecified atom stereocenters. The molecule has 0 radical (unpaired) electrons. The zero-order chi connectivity index (χ0) is 18.3. The molecule has 1 spiro atoms. The van der Waals surface area contributed by atoms with Crippen molar-refractivity contribution >= 4 is 0 Å². The van der Waals surface area contributed by atoms with Crippen molar-refractivity contribution in [2.45, 2.75) is 43.7 Å². The molecule has 0 saturated carbocycles. The molecule has 1 aliphatic carbocycles. The van der Waals surface area contributed by atoms with E-state index in [-0.39, 0.29) is 11.6 Å². The Bertz CT molecular complexity index is 729. The van der Waals surface area contributed by atoms with Gasteiger partial charge in [0, 0.05) is 25.6 Å². The van der Waals surface area contributed by atoms with E-state index in [1.807, 2.05) is 7.11 Å². The Labute approximate surface area is 155 Å². The number of benzene rings is 1. The predicted molar refractivity (Wildman–Crippen MR) is 100 cm³/mol. The van der Waals surface area contributed by atoms with Crippen LogP contribution >= 0.6 is 0 Å². The van der Waals surface area contributed by atoms with E-state index >= 15 is 0 Å². The highest BCUT2D eigenvalue weighted by Crippen LogP contribution is 2.56. The van der Waals surface area contributed by atoms with Crippen LogP contribution in [-0.4, -0.2) is 52.5 Å². The Morgan fingerprint density at radius 1 is 1.00 bits per heavy atom. The van der Waals surface area contributed by atoms with Crippen LogP contribution in [0.2, 0.25) is 0 Å². The number of hydrogen-bond acceptors (Lipinski definition) is 5. The van der Waals surface area contributed by atoms with Crippen LogP contribution in [0.3, 0.4) is 0 Å². The third-order valence-corrected chi connectivity index (χ3v) is 6.44. The lowest BCUT2D eigenvalue weighted by atomic mass is 9.73. The molecule has 26 heavy (non-hydrogen) atoms. The molecular formula is C21H29NO4. The maximum atomic E-state index is 5.84. The van der Waals surface area contributed by atoms with Gasteiger partial charge in [-0.3, -0.25) is 4.90 Å². The fourth-order valence-electron chi connectivity index (χ4n) is 5.29. The number of nitrogens with zero attached hydrogens (tertiary/aromatic N) is 1. The van der Waals surface area contributed by atoms with Crippen molar-refractivity contribution in [1.29, 1.82) is 0 Å². The molecule has 3 aliphatic rings. The van der Waals surface area contributed by atoms with Crippen molar-refractivity contribution in [3.05, 3.63) is 28.8 Å². The molecule has 5 nitrogen and oxygen atoms in total. The average Bonchev–Trinajstić information content (AvgIpc) is 2.98. The van der Waals surface area contributed by atoms with Crippen LogP contribution in [0.5, 0.6) is 17.2 Å². The van der Waals surface area contributed by atoms with Crippen LogP contribution in [0.15, 0.2) is 17.7 Å². The van der Waals surface area contributed by atoms with Crippen LogP contribution in [0, 0.1) is 0 Å². The van der Waals surface area contributed by atoms with E-state index in [2.05, 4.69) is 17.0 Å². The van der Waals surface area contributed by atoms with Gasteiger partial charge in [0.05, 0.1) is 33.0 Å². The Balaban J connectivity index is 1.99. The first kappa shape index (κ1) is 17.7. The van der Waals surface area contributed by atoms with E-state index in [1.165, 1.54) is 16.7 Å². The van der Waals surface area contributed by atoms with E-state index in [0.717, 1.165) is 56.7 Å². The Kier molecular flexibility index (Phi) is 4.61. The highest BCUT2D eigenvalue weighted by molar-refractivity contribution is 5.63. The SMILES string of the molecule is COc1cc2c(c(OC)c1OC)CCCN1CCC3=CC[C@@H](OC)C[C@]321. The lowest BCUT2D eigenvalue weighted by molar-refractivity contribution is 0.0346. The Morgan fingerprint density at radius 2 is 1.81 bits per heavy atom. The van der Waals surface area contributed by atoms with Crippen molar-refractivity contribution in [3.63, 3.8) is 0 Å². The van der Waals surface area contributed by atoms with Gasteiger partial charge in [0.2, 0.25) is 5.75 Å². The summed E-state index contributed by atoms with van der Waals surface area (Å²) in [5, 5.41) is 0. The summed E-state index contributed by atoms with van der Waals surface area (Å²) in [5.41, 5.74) is 4.01. The molecule has 0 amide bonds. The molecule has 2 atom stereocenters. The standard InChI is InChI=1S/C21H29NO4/c1-23-15-8-7-14-9-11-22-10-5-6-16-17(21(14,22)13-15)12-18(24-2)20(26-4)19(16)25-3/h7,12,15H,5-6,8-11,13H2,1-4H3/t15-,21+/m1/s1. The molecule has 5 heteroatoms. The van der Waals surface area contributed by atoms with Crippen molar-refractivity contribution in [2.24, 2.45) is 0 Å². The van der Waals surface area contributed by atoms with Crippen molar-refractivity contribution in [3.8, 4) is 17.2 Å². The van der Waals surface area contributed by atoms with Crippen LogP contribution in [0.4, 0.5) is 0 Å². The summed E-state index contributed by atoms with van der Waals surface area (Å²) in [6.07, 6.45) is 7.88. The summed E-state index contributed by atoms with van der Waals surface area (Å²) in [5.74, 6) is 2.26. The van der Waals surface area contributed by atoms with E-state index in [4.69, 9.17) is 18.9 Å². The van der Waals surface area contributed by atoms with Crippen LogP contribution in [-0.2, 0) is 16.7 Å². The minimum Gasteiger partial charge on any atom is -0.493 e. The first-order valence-corrected chi connectivity index (χ1v) is 9.49. The molecule has 0 aromatic heterocycles. The van der Waals surface area contributed by atoms with Gasteiger partial charge < -0.3 is 18.9 Å². The van der Waals surface area contributed by atoms with Crippen LogP contribution in [0.25, 0.3) is 0 Å². The Morgan fingerprint density at radius 3 is 2.50 bits per heavy atom. The molecule has 4 rings (SSSR count). The molecule has 0 bridgehead atoms. The second-order valence-electron chi connectivity index (χ2n) is 7.40. The smallest absolute Gasteiger partial charge is 0.203 e. The van der Waals surface area contributed by atoms with E-state index in [9.17, 15) is 0 Å². The van der Waals surface area contributed by atoms with Crippen molar-refractivity contribution in [1.82, 2.24) is 4.90 Å². The normalized spacial score (nSPS) is 27.7. The molecule has 2 aliphatic heterocycles. The lowest BCUT2D eigenvalue weighted by Crippen LogP contribution is -2.46. The molecule has 142 valence electrons. The maximum Gasteiger partial charge on any atom is 0.203 e. The van der Waals surface area contributed by atoms with Gasteiger partial charge in [-0.2, -0.15) is 0 Å². The van der Waals surface area contributed by atoms with Gasteiger partial charge >= 0.3 is 0 Å². The second kappa shape index (κ2) is 6.78. The molecule has 1 aromatic carbocycles. The summed E-state index contributed by atoms with van der Waals surface area (Å²) < 4.78 is 23.0. The number of methoxy groups -OCH3 is 4. The van der Waals surface area contributed by atoms with Crippen molar-refractivity contribution < 1.29 is 18.9 Å². The average molecular weight is 359 g/mol. The lowest BCUT2D eigenvalue weighted by Gasteiger charge is -2.44. The zero-order valence-corrected chi connectivity index (χ0v) is 16.3. The summed E-state index contributed by atoms with van der Waals surface area (Å²) in [7, 11) is 6.92. The minimum absolute atomic E-state index is 0.0996. The zero-order valence-electron chi connectivity index (χ0n) is 16.3. The highest BCUT2D eigenvalue weighted by atomic mass is 16.5. The topological polar surface area (TPSA) is 40.2 Å². The minimum atomic E-state index is -0.0996. The van der Waals surface area contributed by atoms with Crippen LogP contribution < -0.4 is 14.2 Å². The fraction of sp³-hybridized carbons (Fsp3) is 0.619. The van der Waals surface area contributed by atoms with Gasteiger partial charge in [-0.05, 0) is 49.4 Å². The van der Waals surface area contributed by atoms with Gasteiger partial charge in [0.1, 0.15) is 0 Å². The van der Waals surface area contributed by atoms with Gasteiger partial charge in [-0.1, -0.05) is 6.08 Å². The van der Waals surface area contributed by atoms with E-state index in [1.54, 1.807) is 21.3 Å². The van der Waals surface area contributed by atoms with Gasteiger partial charge in [-0.25, -0.2) is 0 Å². The molecule has 0 N–H and O–H groups in total. The summed E-state index contributed by atoms with van der Waals surface area (Å²) >= 11 is 0. The molecule has 1 saturated heterocycles. The quantitative estimate of drug-likeness (QED) is 0.772. The first-order valence-electron chi connectivity index (χ1n) is 9.49. The van der Waals surface area contributed by atoms with Crippen molar-refractivity contribution in [2.75, 3.05) is 41.5 Å². The third kappa shape index (κ3) is 2.37. The fourth-order valence-corrected chi connectivity index (χ4v) is 5.29. The maximum absolute atomic E-state index is 5.84. The predicted octanol–water partition coefficient (Wildman–Crippen LogP) is 3.29. The molecule has 1 aromatic rings. The van der Waals surface area contributed by atoms with Gasteiger partial charge in [0.15, 0.2) is 11.5 Å². The highest BCUT2D eigenvalue weighted by Gasteiger charge is 2.51. The first-order chi connectivity index (χ1) is 12.7. The van der Waals surface area contributed by atoms with E-state index < -0.39 is 0 Å². The van der Waals surface area contributed by atoms with Gasteiger partial charge in [-0.15, -0.1) is 0 Å². The molecule has 1 fully saturated rings. The number of fused-ring (bicyclic) bond motifs is 1. The monoisotopic (exact) mass is 359 g/mol. The van der Waals surface area contributed by atoms with E-state index in [0.29, 0.717) is 5.75 Å². The summed E-state index contributed by atoms with van der Waals surface area (Å²) in [6, 6.07) is 2.19. The van der Waals surface area contributed by atoms with Gasteiger partial charge in [0.25, 0.3) is 0 Å². The third-order valence-electron chi connectivity index (χ3n) is 6.44. The molecule has 2 heterocycles. The number of hydrogen-bond donors (Lipinski definition) is 0. The Hall–Kier alpha value is -1.72. The molecular weight excluding hydrogens is 330 g/mol. The number of rotatable bonds is 4. The summed E-state index contributed by atoms with van der Waals surface area (Å²) in [4.78, 5) is 2.65. The second-order valence-corrected chi connectivity index (χ2v) is 7.40. The summed E-state index contributed by atoms with van der Waals surface area (Å²) in [6.45, 7) is 2.20. The van der Waals surface area contributed by atoms with Crippen LogP contribution in [0.1, 0.15) is 36.8 Å².